The zero-order chi connectivity index (χ0) is 9.97. The summed E-state index contributed by atoms with van der Waals surface area (Å²) in [5.41, 5.74) is 5.78. The van der Waals surface area contributed by atoms with Gasteiger partial charge >= 0.3 is 0 Å². The van der Waals surface area contributed by atoms with Crippen molar-refractivity contribution in [3.8, 4) is 0 Å². The average molecular weight is 274 g/mol. The normalized spacial score (nSPS) is 27.0. The molecule has 14 heavy (non-hydrogen) atoms. The maximum atomic E-state index is 5.78. The summed E-state index contributed by atoms with van der Waals surface area (Å²) in [4.78, 5) is 1.50. The third-order valence-electron chi connectivity index (χ3n) is 3.26. The highest BCUT2D eigenvalue weighted by atomic mass is 79.9. The van der Waals surface area contributed by atoms with E-state index in [-0.39, 0.29) is 0 Å². The van der Waals surface area contributed by atoms with Crippen molar-refractivity contribution in [3.63, 3.8) is 0 Å². The van der Waals surface area contributed by atoms with Crippen LogP contribution in [0.15, 0.2) is 15.9 Å². The standard InChI is InChI=1S/C11H16BrNS/c12-10-4-5-14-11(10)6-8-2-1-3-9(8)7-13/h4-5,8-9H,1-3,6-7,13H2. The minimum atomic E-state index is 0.768. The van der Waals surface area contributed by atoms with Gasteiger partial charge in [-0.25, -0.2) is 0 Å². The molecule has 2 unspecified atom stereocenters. The largest absolute Gasteiger partial charge is 0.330 e. The van der Waals surface area contributed by atoms with Crippen LogP contribution < -0.4 is 5.73 Å². The fourth-order valence-corrected chi connectivity index (χ4v) is 4.01. The summed E-state index contributed by atoms with van der Waals surface area (Å²) in [7, 11) is 0. The van der Waals surface area contributed by atoms with Crippen molar-refractivity contribution in [2.75, 3.05) is 6.54 Å². The molecule has 1 aliphatic carbocycles. The van der Waals surface area contributed by atoms with Gasteiger partial charge in [-0.2, -0.15) is 0 Å². The molecule has 2 N–H and O–H groups in total. The van der Waals surface area contributed by atoms with Crippen molar-refractivity contribution in [2.24, 2.45) is 17.6 Å². The van der Waals surface area contributed by atoms with Crippen LogP contribution in [0.1, 0.15) is 24.1 Å². The minimum Gasteiger partial charge on any atom is -0.330 e. The number of hydrogen-bond acceptors (Lipinski definition) is 2. The van der Waals surface area contributed by atoms with Crippen LogP contribution in [-0.2, 0) is 6.42 Å². The van der Waals surface area contributed by atoms with E-state index in [0.29, 0.717) is 0 Å². The van der Waals surface area contributed by atoms with E-state index >= 15 is 0 Å². The topological polar surface area (TPSA) is 26.0 Å². The Morgan fingerprint density at radius 3 is 2.86 bits per heavy atom. The van der Waals surface area contributed by atoms with Gasteiger partial charge in [0.15, 0.2) is 0 Å². The lowest BCUT2D eigenvalue weighted by molar-refractivity contribution is 0.396. The summed E-state index contributed by atoms with van der Waals surface area (Å²) < 4.78 is 1.28. The van der Waals surface area contributed by atoms with E-state index in [2.05, 4.69) is 27.4 Å². The first kappa shape index (κ1) is 10.7. The molecule has 0 bridgehead atoms. The van der Waals surface area contributed by atoms with Crippen molar-refractivity contribution in [2.45, 2.75) is 25.7 Å². The van der Waals surface area contributed by atoms with Gasteiger partial charge in [0.25, 0.3) is 0 Å². The molecule has 2 rings (SSSR count). The van der Waals surface area contributed by atoms with Crippen LogP contribution in [0.4, 0.5) is 0 Å². The molecule has 1 saturated carbocycles. The summed E-state index contributed by atoms with van der Waals surface area (Å²) >= 11 is 5.46. The second-order valence-electron chi connectivity index (χ2n) is 4.08. The minimum absolute atomic E-state index is 0.768. The van der Waals surface area contributed by atoms with E-state index in [1.165, 1.54) is 35.0 Å². The Hall–Kier alpha value is 0.140. The van der Waals surface area contributed by atoms with Crippen LogP contribution in [-0.4, -0.2) is 6.54 Å². The van der Waals surface area contributed by atoms with E-state index in [1.54, 1.807) is 0 Å². The third-order valence-corrected chi connectivity index (χ3v) is 5.21. The SMILES string of the molecule is NCC1CCCC1Cc1sccc1Br. The highest BCUT2D eigenvalue weighted by Gasteiger charge is 2.26. The molecule has 2 atom stereocenters. The van der Waals surface area contributed by atoms with Crippen molar-refractivity contribution in [3.05, 3.63) is 20.8 Å². The van der Waals surface area contributed by atoms with Crippen molar-refractivity contribution >= 4 is 27.3 Å². The molecule has 0 aromatic carbocycles. The molecular formula is C11H16BrNS. The van der Waals surface area contributed by atoms with Crippen LogP contribution in [0.25, 0.3) is 0 Å². The Balaban J connectivity index is 2.00. The molecule has 0 saturated heterocycles. The molecule has 1 heterocycles. The van der Waals surface area contributed by atoms with Crippen LogP contribution in [0, 0.1) is 11.8 Å². The molecule has 1 fully saturated rings. The second kappa shape index (κ2) is 4.77. The summed E-state index contributed by atoms with van der Waals surface area (Å²) in [6.45, 7) is 0.869. The summed E-state index contributed by atoms with van der Waals surface area (Å²) in [5, 5.41) is 2.16. The van der Waals surface area contributed by atoms with Gasteiger partial charge < -0.3 is 5.73 Å². The molecule has 1 nitrogen and oxygen atoms in total. The van der Waals surface area contributed by atoms with Gasteiger partial charge in [0.2, 0.25) is 0 Å². The Morgan fingerprint density at radius 1 is 1.43 bits per heavy atom. The Bertz CT molecular complexity index is 297. The quantitative estimate of drug-likeness (QED) is 0.897. The molecular weight excluding hydrogens is 258 g/mol. The number of hydrogen-bond donors (Lipinski definition) is 1. The highest BCUT2D eigenvalue weighted by molar-refractivity contribution is 9.10. The molecule has 1 aromatic rings. The molecule has 3 heteroatoms. The second-order valence-corrected chi connectivity index (χ2v) is 5.94. The van der Waals surface area contributed by atoms with Gasteiger partial charge in [0, 0.05) is 9.35 Å². The van der Waals surface area contributed by atoms with Gasteiger partial charge in [-0.1, -0.05) is 6.42 Å². The van der Waals surface area contributed by atoms with Crippen LogP contribution >= 0.6 is 27.3 Å². The highest BCUT2D eigenvalue weighted by Crippen LogP contribution is 2.36. The lowest BCUT2D eigenvalue weighted by Gasteiger charge is -2.16. The predicted octanol–water partition coefficient (Wildman–Crippen LogP) is 3.43. The van der Waals surface area contributed by atoms with Gasteiger partial charge in [0.1, 0.15) is 0 Å². The number of halogens is 1. The van der Waals surface area contributed by atoms with Gasteiger partial charge in [-0.3, -0.25) is 0 Å². The smallest absolute Gasteiger partial charge is 0.0314 e. The Morgan fingerprint density at radius 2 is 2.21 bits per heavy atom. The molecule has 78 valence electrons. The molecule has 1 aliphatic rings. The van der Waals surface area contributed by atoms with Crippen LogP contribution in [0.3, 0.4) is 0 Å². The summed E-state index contributed by atoms with van der Waals surface area (Å²) in [5.74, 6) is 1.60. The molecule has 1 aromatic heterocycles. The maximum absolute atomic E-state index is 5.78. The van der Waals surface area contributed by atoms with E-state index in [1.807, 2.05) is 11.3 Å². The first-order chi connectivity index (χ1) is 6.81. The van der Waals surface area contributed by atoms with E-state index in [9.17, 15) is 0 Å². The molecule has 0 aliphatic heterocycles. The first-order valence-corrected chi connectivity index (χ1v) is 6.90. The number of thiophene rings is 1. The third kappa shape index (κ3) is 2.20. The lowest BCUT2D eigenvalue weighted by Crippen LogP contribution is -2.19. The summed E-state index contributed by atoms with van der Waals surface area (Å²) in [6.07, 6.45) is 5.30. The van der Waals surface area contributed by atoms with Crippen molar-refractivity contribution < 1.29 is 0 Å². The van der Waals surface area contributed by atoms with Crippen LogP contribution in [0.2, 0.25) is 0 Å². The predicted molar refractivity (Wildman–Crippen MR) is 65.6 cm³/mol. The first-order valence-electron chi connectivity index (χ1n) is 5.23. The zero-order valence-electron chi connectivity index (χ0n) is 8.21. The van der Waals surface area contributed by atoms with Gasteiger partial charge in [-0.15, -0.1) is 11.3 Å². The average Bonchev–Trinajstić information content (AvgIpc) is 2.77. The van der Waals surface area contributed by atoms with Crippen LogP contribution in [0.5, 0.6) is 0 Å². The molecule has 0 amide bonds. The van der Waals surface area contributed by atoms with E-state index in [0.717, 1.165) is 18.4 Å². The maximum Gasteiger partial charge on any atom is 0.0314 e. The number of rotatable bonds is 3. The monoisotopic (exact) mass is 273 g/mol. The molecule has 0 spiro atoms. The fourth-order valence-electron chi connectivity index (χ4n) is 2.40. The van der Waals surface area contributed by atoms with Gasteiger partial charge in [-0.05, 0) is 65.0 Å². The van der Waals surface area contributed by atoms with Crippen molar-refractivity contribution in [1.29, 1.82) is 0 Å². The zero-order valence-corrected chi connectivity index (χ0v) is 10.6. The lowest BCUT2D eigenvalue weighted by atomic mass is 9.92. The van der Waals surface area contributed by atoms with E-state index in [4.69, 9.17) is 5.73 Å². The molecule has 0 radical (unpaired) electrons. The van der Waals surface area contributed by atoms with E-state index < -0.39 is 0 Å². The Kier molecular flexibility index (Phi) is 3.63. The van der Waals surface area contributed by atoms with Crippen molar-refractivity contribution in [1.82, 2.24) is 0 Å². The number of nitrogens with two attached hydrogens (primary N) is 1. The summed E-state index contributed by atoms with van der Waals surface area (Å²) in [6, 6.07) is 2.15. The Labute approximate surface area is 97.8 Å². The fraction of sp³-hybridized carbons (Fsp3) is 0.636. The van der Waals surface area contributed by atoms with Gasteiger partial charge in [0.05, 0.1) is 0 Å².